The van der Waals surface area contributed by atoms with Crippen molar-refractivity contribution in [1.82, 2.24) is 5.32 Å². The van der Waals surface area contributed by atoms with Crippen molar-refractivity contribution in [3.8, 4) is 17.6 Å². The minimum Gasteiger partial charge on any atom is -0.490 e. The summed E-state index contributed by atoms with van der Waals surface area (Å²) in [5, 5.41) is 22.0. The molecule has 0 saturated heterocycles. The number of alkyl halides is 3. The zero-order valence-corrected chi connectivity index (χ0v) is 16.6. The first kappa shape index (κ1) is 22.5. The molecule has 162 valence electrons. The van der Waals surface area contributed by atoms with Crippen LogP contribution in [0.4, 0.5) is 13.2 Å². The van der Waals surface area contributed by atoms with E-state index in [0.29, 0.717) is 16.8 Å². The average Bonchev–Trinajstić information content (AvgIpc) is 3.08. The van der Waals surface area contributed by atoms with Gasteiger partial charge in [-0.25, -0.2) is 0 Å². The Hall–Kier alpha value is -3.23. The number of hydrogen-bond donors (Lipinski definition) is 2. The molecule has 0 aromatic heterocycles. The summed E-state index contributed by atoms with van der Waals surface area (Å²) in [6.45, 7) is 3.28. The van der Waals surface area contributed by atoms with Gasteiger partial charge in [0.2, 0.25) is 0 Å². The van der Waals surface area contributed by atoms with Gasteiger partial charge < -0.3 is 24.5 Å². The normalized spacial score (nSPS) is 14.9. The summed E-state index contributed by atoms with van der Waals surface area (Å²) in [5.74, 6) is -0.706. The topological polar surface area (TPSA) is 101 Å². The molecule has 2 aromatic carbocycles. The van der Waals surface area contributed by atoms with Crippen molar-refractivity contribution in [3.05, 3.63) is 53.1 Å². The van der Waals surface area contributed by atoms with Gasteiger partial charge in [-0.2, -0.15) is 5.26 Å². The van der Waals surface area contributed by atoms with E-state index in [9.17, 15) is 28.3 Å². The van der Waals surface area contributed by atoms with Crippen LogP contribution >= 0.6 is 0 Å². The van der Waals surface area contributed by atoms with E-state index < -0.39 is 30.7 Å². The molecule has 1 unspecified atom stereocenters. The predicted octanol–water partition coefficient (Wildman–Crippen LogP) is 2.20. The fraction of sp³-hybridized carbons (Fsp3) is 0.300. The van der Waals surface area contributed by atoms with Gasteiger partial charge in [0.1, 0.15) is 18.1 Å². The molecule has 1 amide bonds. The molecule has 1 heterocycles. The second-order valence-corrected chi connectivity index (χ2v) is 7.18. The Balaban J connectivity index is 1.67. The summed E-state index contributed by atoms with van der Waals surface area (Å²) in [6.07, 6.45) is -4.83. The summed E-state index contributed by atoms with van der Waals surface area (Å²) >= 11 is 0. The maximum Gasteiger partial charge on any atom is 0.573 e. The van der Waals surface area contributed by atoms with E-state index in [1.54, 1.807) is 19.1 Å². The van der Waals surface area contributed by atoms with Gasteiger partial charge in [-0.1, -0.05) is 6.07 Å². The summed E-state index contributed by atoms with van der Waals surface area (Å²) in [5.41, 5.74) is 0.728. The van der Waals surface area contributed by atoms with Gasteiger partial charge in [0.05, 0.1) is 12.7 Å². The largest absolute Gasteiger partial charge is 0.573 e. The summed E-state index contributed by atoms with van der Waals surface area (Å²) in [4.78, 5) is 12.5. The molecular formula is C20H18BF3N2O5. The maximum absolute atomic E-state index is 12.5. The highest BCUT2D eigenvalue weighted by molar-refractivity contribution is 6.62. The van der Waals surface area contributed by atoms with Gasteiger partial charge in [-0.15, -0.1) is 13.2 Å². The molecule has 11 heteroatoms. The van der Waals surface area contributed by atoms with Crippen LogP contribution < -0.4 is 20.3 Å². The Labute approximate surface area is 176 Å². The Morgan fingerprint density at radius 3 is 2.58 bits per heavy atom. The number of carbonyl (C=O) groups is 1. The number of ether oxygens (including phenoxy) is 2. The third kappa shape index (κ3) is 5.28. The monoisotopic (exact) mass is 434 g/mol. The highest BCUT2D eigenvalue weighted by Gasteiger charge is 2.33. The number of benzene rings is 2. The van der Waals surface area contributed by atoms with Crippen LogP contribution in [0.3, 0.4) is 0 Å². The second-order valence-electron chi connectivity index (χ2n) is 7.18. The highest BCUT2D eigenvalue weighted by atomic mass is 19.4. The van der Waals surface area contributed by atoms with E-state index in [1.807, 2.05) is 6.07 Å². The summed E-state index contributed by atoms with van der Waals surface area (Å²) in [6, 6.07) is 9.72. The number of rotatable bonds is 6. The van der Waals surface area contributed by atoms with Crippen LogP contribution in [-0.2, 0) is 11.3 Å². The third-order valence-electron chi connectivity index (χ3n) is 4.70. The van der Waals surface area contributed by atoms with Crippen molar-refractivity contribution in [1.29, 1.82) is 5.26 Å². The molecule has 2 N–H and O–H groups in total. The molecule has 0 aliphatic carbocycles. The van der Waals surface area contributed by atoms with Crippen molar-refractivity contribution in [2.75, 3.05) is 6.61 Å². The lowest BCUT2D eigenvalue weighted by Gasteiger charge is -2.24. The van der Waals surface area contributed by atoms with Crippen LogP contribution in [0.5, 0.6) is 11.5 Å². The fourth-order valence-corrected chi connectivity index (χ4v) is 3.09. The zero-order valence-electron chi connectivity index (χ0n) is 16.6. The van der Waals surface area contributed by atoms with Gasteiger partial charge in [0.15, 0.2) is 5.54 Å². The lowest BCUT2D eigenvalue weighted by molar-refractivity contribution is -0.274. The Bertz CT molecular complexity index is 1020. The molecule has 1 aliphatic heterocycles. The molecule has 0 spiro atoms. The molecule has 1 atom stereocenters. The van der Waals surface area contributed by atoms with Crippen LogP contribution in [0.1, 0.15) is 28.4 Å². The molecule has 0 bridgehead atoms. The van der Waals surface area contributed by atoms with E-state index in [2.05, 4.69) is 10.1 Å². The zero-order chi connectivity index (χ0) is 22.8. The molecule has 7 nitrogen and oxygen atoms in total. The fourth-order valence-electron chi connectivity index (χ4n) is 3.09. The van der Waals surface area contributed by atoms with E-state index in [-0.39, 0.29) is 18.8 Å². The van der Waals surface area contributed by atoms with Gasteiger partial charge >= 0.3 is 13.5 Å². The predicted molar refractivity (Wildman–Crippen MR) is 104 cm³/mol. The number of amides is 1. The minimum absolute atomic E-state index is 0.0463. The van der Waals surface area contributed by atoms with Crippen molar-refractivity contribution in [2.45, 2.75) is 32.4 Å². The molecule has 2 aromatic rings. The highest BCUT2D eigenvalue weighted by Crippen LogP contribution is 2.24. The van der Waals surface area contributed by atoms with Gasteiger partial charge in [-0.3, -0.25) is 4.79 Å². The third-order valence-corrected chi connectivity index (χ3v) is 4.70. The van der Waals surface area contributed by atoms with Crippen LogP contribution in [0.2, 0.25) is 0 Å². The lowest BCUT2D eigenvalue weighted by Crippen LogP contribution is -2.49. The van der Waals surface area contributed by atoms with Crippen LogP contribution in [0.25, 0.3) is 0 Å². The Morgan fingerprint density at radius 1 is 1.29 bits per heavy atom. The van der Waals surface area contributed by atoms with E-state index in [0.717, 1.165) is 29.8 Å². The standard InChI is InChI=1S/C20H18BF3N2O5/c1-12-16(8-5-14-9-30-21(28)17(12)14)29-11-19(2,10-25)26-18(27)13-3-6-15(7-4-13)31-20(22,23)24/h3-8,28H,9,11H2,1-2H3,(H,26,27). The number of halogens is 3. The quantitative estimate of drug-likeness (QED) is 0.677. The van der Waals surface area contributed by atoms with Crippen LogP contribution in [-0.4, -0.2) is 36.6 Å². The van der Waals surface area contributed by atoms with Crippen molar-refractivity contribution >= 4 is 18.5 Å². The number of nitrogens with zero attached hydrogens (tertiary/aromatic N) is 1. The van der Waals surface area contributed by atoms with Crippen molar-refractivity contribution < 1.29 is 37.1 Å². The SMILES string of the molecule is Cc1c(OCC(C)(C#N)NC(=O)c2ccc(OC(F)(F)F)cc2)ccc2c1B(O)OC2. The van der Waals surface area contributed by atoms with Crippen molar-refractivity contribution in [3.63, 3.8) is 0 Å². The first-order chi connectivity index (χ1) is 14.5. The van der Waals surface area contributed by atoms with Crippen molar-refractivity contribution in [2.24, 2.45) is 0 Å². The second kappa shape index (κ2) is 8.49. The van der Waals surface area contributed by atoms with E-state index in [4.69, 9.17) is 9.39 Å². The molecule has 31 heavy (non-hydrogen) atoms. The molecule has 3 rings (SSSR count). The molecule has 1 aliphatic rings. The molecule has 0 fully saturated rings. The Morgan fingerprint density at radius 2 is 1.97 bits per heavy atom. The van der Waals surface area contributed by atoms with E-state index >= 15 is 0 Å². The Kier molecular flexibility index (Phi) is 6.15. The maximum atomic E-state index is 12.5. The summed E-state index contributed by atoms with van der Waals surface area (Å²) in [7, 11) is -1.05. The summed E-state index contributed by atoms with van der Waals surface area (Å²) < 4.78 is 51.4. The van der Waals surface area contributed by atoms with Crippen LogP contribution in [0, 0.1) is 18.3 Å². The van der Waals surface area contributed by atoms with Gasteiger partial charge in [0.25, 0.3) is 5.91 Å². The van der Waals surface area contributed by atoms with Gasteiger partial charge in [-0.05, 0) is 60.8 Å². The molecule has 0 radical (unpaired) electrons. The minimum atomic E-state index is -4.83. The molecule has 0 saturated carbocycles. The van der Waals surface area contributed by atoms with Gasteiger partial charge in [0, 0.05) is 5.56 Å². The lowest BCUT2D eigenvalue weighted by atomic mass is 9.76. The first-order valence-electron chi connectivity index (χ1n) is 9.16. The smallest absolute Gasteiger partial charge is 0.490 e. The van der Waals surface area contributed by atoms with E-state index in [1.165, 1.54) is 6.92 Å². The number of fused-ring (bicyclic) bond motifs is 1. The number of nitriles is 1. The number of nitrogens with one attached hydrogen (secondary N) is 1. The van der Waals surface area contributed by atoms with Crippen LogP contribution in [0.15, 0.2) is 36.4 Å². The number of hydrogen-bond acceptors (Lipinski definition) is 6. The average molecular weight is 434 g/mol. The number of carbonyl (C=O) groups excluding carboxylic acids is 1. The first-order valence-corrected chi connectivity index (χ1v) is 9.16. The molecular weight excluding hydrogens is 416 g/mol.